The number of anilines is 1. The molecule has 0 atom stereocenters. The van der Waals surface area contributed by atoms with Crippen LogP contribution in [-0.4, -0.2) is 45.1 Å². The van der Waals surface area contributed by atoms with Gasteiger partial charge in [0.05, 0.1) is 0 Å². The van der Waals surface area contributed by atoms with E-state index in [-0.39, 0.29) is 5.56 Å². The summed E-state index contributed by atoms with van der Waals surface area (Å²) in [5.74, 6) is -3.61. The summed E-state index contributed by atoms with van der Waals surface area (Å²) < 4.78 is 14.8. The third-order valence-electron chi connectivity index (χ3n) is 5.28. The largest absolute Gasteiger partial charge is 0.478 e. The maximum Gasteiger partial charge on any atom is 0.342 e. The predicted molar refractivity (Wildman–Crippen MR) is 104 cm³/mol. The number of benzene rings is 1. The van der Waals surface area contributed by atoms with Crippen LogP contribution in [-0.2, 0) is 6.54 Å². The molecular formula is C20H22FN3O5. The second-order valence-electron chi connectivity index (χ2n) is 7.37. The molecule has 0 saturated carbocycles. The fourth-order valence-electron chi connectivity index (χ4n) is 3.63. The zero-order valence-electron chi connectivity index (χ0n) is 15.9. The molecule has 8 nitrogen and oxygen atoms in total. The number of carboxylic acid groups (broad SMARTS) is 2. The number of likely N-dealkylation sites (tertiary alicyclic amines) is 1. The molecule has 5 N–H and O–H groups in total. The van der Waals surface area contributed by atoms with Gasteiger partial charge in [0.1, 0.15) is 22.8 Å². The molecule has 0 radical (unpaired) electrons. The fraction of sp³-hybridized carbons (Fsp3) is 0.350. The van der Waals surface area contributed by atoms with Crippen molar-refractivity contribution in [2.75, 3.05) is 18.8 Å². The lowest BCUT2D eigenvalue weighted by Crippen LogP contribution is -2.32. The number of pyridine rings is 1. The Balaban J connectivity index is 2.05. The van der Waals surface area contributed by atoms with Gasteiger partial charge in [0.15, 0.2) is 0 Å². The Bertz CT molecular complexity index is 1030. The first kappa shape index (κ1) is 20.5. The van der Waals surface area contributed by atoms with E-state index >= 15 is 0 Å². The number of H-pyrrole nitrogens is 1. The number of nitrogen functional groups attached to an aromatic ring is 1. The number of hydrogen-bond acceptors (Lipinski definition) is 5. The summed E-state index contributed by atoms with van der Waals surface area (Å²) in [5, 5.41) is 18.9. The fourth-order valence-corrected chi connectivity index (χ4v) is 3.63. The number of nitrogens with one attached hydrogen (secondary N) is 1. The SMILES string of the molecule is CC1CCN(Cc2ccc(-c3c(C(=O)O)c(N)[nH]c(=O)c3C(=O)O)cc2F)CC1. The summed E-state index contributed by atoms with van der Waals surface area (Å²) in [4.78, 5) is 39.5. The topological polar surface area (TPSA) is 137 Å². The zero-order valence-corrected chi connectivity index (χ0v) is 15.9. The standard InChI is InChI=1S/C20H22FN3O5/c1-10-4-6-24(7-5-10)9-12-3-2-11(8-13(12)21)14-15(19(26)27)17(22)23-18(25)16(14)20(28)29/h2-3,8,10H,4-7,9H2,1H3,(H,26,27)(H,28,29)(H3,22,23,25). The number of nitrogens with two attached hydrogens (primary N) is 1. The number of aromatic nitrogens is 1. The molecular weight excluding hydrogens is 381 g/mol. The van der Waals surface area contributed by atoms with Crippen LogP contribution in [0.1, 0.15) is 46.0 Å². The number of piperidine rings is 1. The van der Waals surface area contributed by atoms with E-state index in [9.17, 15) is 29.0 Å². The number of nitrogens with zero attached hydrogens (tertiary/aromatic N) is 1. The maximum absolute atomic E-state index is 14.8. The highest BCUT2D eigenvalue weighted by molar-refractivity contribution is 6.07. The number of carbonyl (C=O) groups is 2. The van der Waals surface area contributed by atoms with E-state index in [1.165, 1.54) is 12.1 Å². The Morgan fingerprint density at radius 1 is 1.21 bits per heavy atom. The van der Waals surface area contributed by atoms with Crippen molar-refractivity contribution in [3.8, 4) is 11.1 Å². The second-order valence-corrected chi connectivity index (χ2v) is 7.37. The van der Waals surface area contributed by atoms with Gasteiger partial charge in [-0.3, -0.25) is 9.69 Å². The van der Waals surface area contributed by atoms with Crippen molar-refractivity contribution in [1.29, 1.82) is 0 Å². The minimum Gasteiger partial charge on any atom is -0.478 e. The van der Waals surface area contributed by atoms with Gasteiger partial charge in [-0.15, -0.1) is 0 Å². The highest BCUT2D eigenvalue weighted by atomic mass is 19.1. The third kappa shape index (κ3) is 4.14. The first-order valence-electron chi connectivity index (χ1n) is 9.22. The predicted octanol–water partition coefficient (Wildman–Crippen LogP) is 2.39. The van der Waals surface area contributed by atoms with Crippen LogP contribution in [0.2, 0.25) is 0 Å². The lowest BCUT2D eigenvalue weighted by Gasteiger charge is -2.30. The van der Waals surface area contributed by atoms with Crippen LogP contribution in [0.5, 0.6) is 0 Å². The van der Waals surface area contributed by atoms with E-state index < -0.39 is 45.8 Å². The molecule has 0 aliphatic carbocycles. The highest BCUT2D eigenvalue weighted by Crippen LogP contribution is 2.31. The molecule has 0 unspecified atom stereocenters. The number of aromatic carboxylic acids is 2. The molecule has 1 aromatic heterocycles. The third-order valence-corrected chi connectivity index (χ3v) is 5.28. The Labute approximate surface area is 165 Å². The van der Waals surface area contributed by atoms with Crippen LogP contribution in [0.3, 0.4) is 0 Å². The highest BCUT2D eigenvalue weighted by Gasteiger charge is 2.27. The molecule has 154 valence electrons. The van der Waals surface area contributed by atoms with Crippen LogP contribution in [0, 0.1) is 11.7 Å². The van der Waals surface area contributed by atoms with E-state index in [0.29, 0.717) is 18.0 Å². The molecule has 0 bridgehead atoms. The lowest BCUT2D eigenvalue weighted by molar-refractivity contribution is 0.0695. The van der Waals surface area contributed by atoms with Crippen LogP contribution >= 0.6 is 0 Å². The van der Waals surface area contributed by atoms with Crippen LogP contribution < -0.4 is 11.3 Å². The van der Waals surface area contributed by atoms with Gasteiger partial charge in [-0.25, -0.2) is 14.0 Å². The number of rotatable bonds is 5. The molecule has 0 amide bonds. The first-order valence-corrected chi connectivity index (χ1v) is 9.22. The van der Waals surface area contributed by atoms with Gasteiger partial charge in [0, 0.05) is 17.7 Å². The molecule has 29 heavy (non-hydrogen) atoms. The molecule has 1 aliphatic rings. The summed E-state index contributed by atoms with van der Waals surface area (Å²) in [5.41, 5.74) is 3.13. The smallest absolute Gasteiger partial charge is 0.342 e. The van der Waals surface area contributed by atoms with Crippen molar-refractivity contribution in [2.45, 2.75) is 26.3 Å². The minimum atomic E-state index is -1.63. The van der Waals surface area contributed by atoms with Crippen molar-refractivity contribution in [1.82, 2.24) is 9.88 Å². The molecule has 3 rings (SSSR count). The first-order chi connectivity index (χ1) is 13.7. The quantitative estimate of drug-likeness (QED) is 0.601. The summed E-state index contributed by atoms with van der Waals surface area (Å²) >= 11 is 0. The van der Waals surface area contributed by atoms with Crippen molar-refractivity contribution >= 4 is 17.8 Å². The van der Waals surface area contributed by atoms with E-state index in [4.69, 9.17) is 5.73 Å². The van der Waals surface area contributed by atoms with Crippen molar-refractivity contribution in [3.63, 3.8) is 0 Å². The maximum atomic E-state index is 14.8. The number of hydrogen-bond donors (Lipinski definition) is 4. The Morgan fingerprint density at radius 2 is 1.83 bits per heavy atom. The van der Waals surface area contributed by atoms with Crippen LogP contribution in [0.15, 0.2) is 23.0 Å². The average molecular weight is 403 g/mol. The number of carboxylic acids is 2. The summed E-state index contributed by atoms with van der Waals surface area (Å²) in [6, 6.07) is 3.95. The molecule has 2 heterocycles. The van der Waals surface area contributed by atoms with E-state index in [1.807, 2.05) is 4.98 Å². The van der Waals surface area contributed by atoms with Gasteiger partial charge in [-0.1, -0.05) is 19.1 Å². The normalized spacial score (nSPS) is 15.4. The van der Waals surface area contributed by atoms with E-state index in [2.05, 4.69) is 11.8 Å². The Hall–Kier alpha value is -3.20. The Kier molecular flexibility index (Phi) is 5.69. The molecule has 9 heteroatoms. The summed E-state index contributed by atoms with van der Waals surface area (Å²) in [6.07, 6.45) is 2.07. The molecule has 2 aromatic rings. The van der Waals surface area contributed by atoms with Gasteiger partial charge in [0.25, 0.3) is 5.56 Å². The molecule has 1 fully saturated rings. The molecule has 1 aliphatic heterocycles. The zero-order chi connectivity index (χ0) is 21.3. The summed E-state index contributed by atoms with van der Waals surface area (Å²) in [6.45, 7) is 4.30. The van der Waals surface area contributed by atoms with Gasteiger partial charge < -0.3 is 20.9 Å². The Morgan fingerprint density at radius 3 is 2.38 bits per heavy atom. The van der Waals surface area contributed by atoms with Crippen molar-refractivity contribution in [2.24, 2.45) is 5.92 Å². The lowest BCUT2D eigenvalue weighted by atomic mass is 9.94. The van der Waals surface area contributed by atoms with Crippen LogP contribution in [0.25, 0.3) is 11.1 Å². The molecule has 1 aromatic carbocycles. The van der Waals surface area contributed by atoms with Crippen molar-refractivity contribution < 1.29 is 24.2 Å². The monoisotopic (exact) mass is 403 g/mol. The number of aromatic amines is 1. The van der Waals surface area contributed by atoms with E-state index in [1.54, 1.807) is 0 Å². The minimum absolute atomic E-state index is 0.0360. The molecule has 0 spiro atoms. The van der Waals surface area contributed by atoms with Crippen LogP contribution in [0.4, 0.5) is 10.2 Å². The van der Waals surface area contributed by atoms with Gasteiger partial charge in [0.2, 0.25) is 0 Å². The molecule has 1 saturated heterocycles. The van der Waals surface area contributed by atoms with Gasteiger partial charge in [-0.05, 0) is 43.5 Å². The average Bonchev–Trinajstić information content (AvgIpc) is 2.63. The van der Waals surface area contributed by atoms with E-state index in [0.717, 1.165) is 32.0 Å². The van der Waals surface area contributed by atoms with Crippen molar-refractivity contribution in [3.05, 3.63) is 51.1 Å². The summed E-state index contributed by atoms with van der Waals surface area (Å²) in [7, 11) is 0. The second kappa shape index (κ2) is 8.04. The van der Waals surface area contributed by atoms with Gasteiger partial charge >= 0.3 is 11.9 Å². The van der Waals surface area contributed by atoms with Gasteiger partial charge in [-0.2, -0.15) is 0 Å². The number of halogens is 1.